The van der Waals surface area contributed by atoms with Gasteiger partial charge in [-0.05, 0) is 12.8 Å². The molecule has 0 saturated carbocycles. The molecule has 0 unspecified atom stereocenters. The van der Waals surface area contributed by atoms with Crippen molar-refractivity contribution in [3.8, 4) is 0 Å². The predicted octanol–water partition coefficient (Wildman–Crippen LogP) is 0.814. The predicted molar refractivity (Wildman–Crippen MR) is 63.9 cm³/mol. The number of hydrogen-bond acceptors (Lipinski definition) is 5. The fourth-order valence-electron chi connectivity index (χ4n) is 2.16. The smallest absolute Gasteiger partial charge is 0.309 e. The van der Waals surface area contributed by atoms with Crippen molar-refractivity contribution in [1.29, 1.82) is 0 Å². The van der Waals surface area contributed by atoms with Gasteiger partial charge >= 0.3 is 5.97 Å². The van der Waals surface area contributed by atoms with Gasteiger partial charge in [0.1, 0.15) is 0 Å². The number of aromatic nitrogens is 2. The number of imidazole rings is 1. The van der Waals surface area contributed by atoms with E-state index in [-0.39, 0.29) is 11.9 Å². The quantitative estimate of drug-likeness (QED) is 0.495. The van der Waals surface area contributed by atoms with Crippen molar-refractivity contribution in [3.05, 3.63) is 28.3 Å². The molecule has 8 nitrogen and oxygen atoms in total. The van der Waals surface area contributed by atoms with Crippen molar-refractivity contribution in [2.75, 3.05) is 6.61 Å². The van der Waals surface area contributed by atoms with Crippen LogP contribution in [0.2, 0.25) is 0 Å². The summed E-state index contributed by atoms with van der Waals surface area (Å²) in [5, 5.41) is 13.6. The molecule has 106 valence electrons. The second kappa shape index (κ2) is 6.72. The molecule has 0 aliphatic carbocycles. The van der Waals surface area contributed by atoms with Crippen LogP contribution in [0, 0.1) is 22.0 Å². The summed E-state index contributed by atoms with van der Waals surface area (Å²) in [5.41, 5.74) is 1.16. The maximum Gasteiger partial charge on any atom is 0.309 e. The van der Waals surface area contributed by atoms with Crippen LogP contribution in [-0.4, -0.2) is 32.4 Å². The number of esters is 1. The van der Waals surface area contributed by atoms with Crippen LogP contribution in [-0.2, 0) is 23.0 Å². The van der Waals surface area contributed by atoms with Crippen LogP contribution in [0.15, 0.2) is 12.5 Å². The van der Waals surface area contributed by atoms with Gasteiger partial charge in [0.2, 0.25) is 0 Å². The summed E-state index contributed by atoms with van der Waals surface area (Å²) in [5.74, 6) is 0.350. The average Bonchev–Trinajstić information content (AvgIpc) is 2.86. The van der Waals surface area contributed by atoms with E-state index in [2.05, 4.69) is 4.98 Å². The molecule has 0 radical (unpaired) electrons. The van der Waals surface area contributed by atoms with Crippen molar-refractivity contribution < 1.29 is 19.8 Å². The van der Waals surface area contributed by atoms with E-state index in [0.29, 0.717) is 12.5 Å². The highest BCUT2D eigenvalue weighted by Crippen LogP contribution is 2.27. The normalized spacial score (nSPS) is 21.5. The molecule has 0 bridgehead atoms. The van der Waals surface area contributed by atoms with Crippen LogP contribution in [0.25, 0.3) is 0 Å². The minimum atomic E-state index is -1.50. The highest BCUT2D eigenvalue weighted by molar-refractivity contribution is 5.74. The Balaban J connectivity index is 0.000000399. The number of ether oxygens (including phenoxy) is 1. The van der Waals surface area contributed by atoms with Crippen LogP contribution in [0.3, 0.4) is 0 Å². The lowest BCUT2D eigenvalue weighted by molar-refractivity contribution is -0.742. The number of carbonyl (C=O) groups excluding carboxylic acids is 1. The van der Waals surface area contributed by atoms with Gasteiger partial charge in [0.05, 0.1) is 18.9 Å². The molecule has 0 aromatic carbocycles. The van der Waals surface area contributed by atoms with Gasteiger partial charge in [-0.15, -0.1) is 10.1 Å². The Morgan fingerprint density at radius 2 is 2.32 bits per heavy atom. The summed E-state index contributed by atoms with van der Waals surface area (Å²) in [7, 11) is 1.97. The lowest BCUT2D eigenvalue weighted by Gasteiger charge is -2.12. The van der Waals surface area contributed by atoms with E-state index in [4.69, 9.17) is 20.1 Å². The van der Waals surface area contributed by atoms with Gasteiger partial charge in [-0.1, -0.05) is 6.92 Å². The van der Waals surface area contributed by atoms with E-state index in [1.807, 2.05) is 24.7 Å². The average molecular weight is 271 g/mol. The van der Waals surface area contributed by atoms with E-state index < -0.39 is 5.09 Å². The molecule has 0 spiro atoms. The van der Waals surface area contributed by atoms with Crippen molar-refractivity contribution in [2.45, 2.75) is 19.8 Å². The molecule has 1 saturated heterocycles. The minimum Gasteiger partial charge on any atom is -0.465 e. The molecule has 1 aliphatic heterocycles. The number of hydrogen-bond donors (Lipinski definition) is 1. The molecule has 0 amide bonds. The maximum atomic E-state index is 11.4. The van der Waals surface area contributed by atoms with E-state index in [1.54, 1.807) is 6.33 Å². The van der Waals surface area contributed by atoms with Crippen LogP contribution in [0.4, 0.5) is 0 Å². The lowest BCUT2D eigenvalue weighted by Crippen LogP contribution is -2.18. The summed E-state index contributed by atoms with van der Waals surface area (Å²) in [6.45, 7) is 2.59. The molecule has 19 heavy (non-hydrogen) atoms. The molecule has 1 aromatic rings. The highest BCUT2D eigenvalue weighted by Gasteiger charge is 2.35. The van der Waals surface area contributed by atoms with Gasteiger partial charge in [-0.3, -0.25) is 4.79 Å². The van der Waals surface area contributed by atoms with Gasteiger partial charge in [-0.25, -0.2) is 4.98 Å². The molecule has 1 aliphatic rings. The standard InChI is InChI=1S/C11H16N2O2.HNO3/c1-3-10-8(6-15-11(10)14)4-9-5-12-7-13(9)2;2-1(3)4/h5,7-8,10H,3-4,6H2,1-2H3;(H,2,3,4)/t8-,10+;/m0./s1. The monoisotopic (exact) mass is 271 g/mol. The zero-order chi connectivity index (χ0) is 14.4. The van der Waals surface area contributed by atoms with Crippen molar-refractivity contribution in [1.82, 2.24) is 9.55 Å². The van der Waals surface area contributed by atoms with Gasteiger partial charge in [0.15, 0.2) is 0 Å². The second-order valence-corrected chi connectivity index (χ2v) is 4.34. The fourth-order valence-corrected chi connectivity index (χ4v) is 2.16. The number of nitrogens with zero attached hydrogens (tertiary/aromatic N) is 3. The third kappa shape index (κ3) is 4.23. The Hall–Kier alpha value is -2.12. The molecule has 1 fully saturated rings. The van der Waals surface area contributed by atoms with Crippen molar-refractivity contribution in [2.24, 2.45) is 18.9 Å². The van der Waals surface area contributed by atoms with Gasteiger partial charge in [-0.2, -0.15) is 0 Å². The first-order valence-corrected chi connectivity index (χ1v) is 5.90. The molecule has 2 heterocycles. The first-order valence-electron chi connectivity index (χ1n) is 5.90. The topological polar surface area (TPSA) is 107 Å². The molecular weight excluding hydrogens is 254 g/mol. The van der Waals surface area contributed by atoms with E-state index in [1.165, 1.54) is 0 Å². The summed E-state index contributed by atoms with van der Waals surface area (Å²) < 4.78 is 7.08. The number of cyclic esters (lactones) is 1. The van der Waals surface area contributed by atoms with Crippen LogP contribution in [0.5, 0.6) is 0 Å². The maximum absolute atomic E-state index is 11.4. The second-order valence-electron chi connectivity index (χ2n) is 4.34. The van der Waals surface area contributed by atoms with E-state index in [0.717, 1.165) is 18.5 Å². The van der Waals surface area contributed by atoms with E-state index >= 15 is 0 Å². The van der Waals surface area contributed by atoms with Gasteiger partial charge in [0, 0.05) is 24.9 Å². The lowest BCUT2D eigenvalue weighted by atomic mass is 9.89. The van der Waals surface area contributed by atoms with Gasteiger partial charge in [0.25, 0.3) is 5.09 Å². The summed E-state index contributed by atoms with van der Waals surface area (Å²) in [6.07, 6.45) is 5.38. The van der Waals surface area contributed by atoms with Gasteiger partial charge < -0.3 is 14.5 Å². The Bertz CT molecular complexity index is 441. The SMILES string of the molecule is CC[C@H]1C(=O)OC[C@@H]1Cc1cncn1C.O=[N+]([O-])O. The molecule has 1 aromatic heterocycles. The third-order valence-corrected chi connectivity index (χ3v) is 3.14. The van der Waals surface area contributed by atoms with Crippen LogP contribution in [0.1, 0.15) is 19.0 Å². The largest absolute Gasteiger partial charge is 0.465 e. The first-order chi connectivity index (χ1) is 8.95. The zero-order valence-corrected chi connectivity index (χ0v) is 10.9. The van der Waals surface area contributed by atoms with Crippen LogP contribution < -0.4 is 0 Å². The molecular formula is C11H17N3O5. The Morgan fingerprint density at radius 3 is 2.79 bits per heavy atom. The Kier molecular flexibility index (Phi) is 5.28. The summed E-state index contributed by atoms with van der Waals surface area (Å²) in [4.78, 5) is 23.8. The molecule has 2 atom stereocenters. The number of rotatable bonds is 3. The van der Waals surface area contributed by atoms with Crippen molar-refractivity contribution >= 4 is 5.97 Å². The van der Waals surface area contributed by atoms with E-state index in [9.17, 15) is 4.79 Å². The molecule has 2 rings (SSSR count). The summed E-state index contributed by atoms with van der Waals surface area (Å²) >= 11 is 0. The minimum absolute atomic E-state index is 0.0373. The van der Waals surface area contributed by atoms with Crippen LogP contribution >= 0.6 is 0 Å². The Labute approximate surface area is 110 Å². The zero-order valence-electron chi connectivity index (χ0n) is 10.9. The highest BCUT2D eigenvalue weighted by atomic mass is 16.9. The Morgan fingerprint density at radius 1 is 1.68 bits per heavy atom. The number of carbonyl (C=O) groups is 1. The number of aryl methyl sites for hydroxylation is 1. The third-order valence-electron chi connectivity index (χ3n) is 3.14. The summed E-state index contributed by atoms with van der Waals surface area (Å²) in [6, 6.07) is 0. The van der Waals surface area contributed by atoms with Crippen molar-refractivity contribution in [3.63, 3.8) is 0 Å². The molecule has 1 N–H and O–H groups in total. The molecule has 8 heteroatoms. The fraction of sp³-hybridized carbons (Fsp3) is 0.636. The first kappa shape index (κ1) is 14.9.